The molecule has 5 nitrogen and oxygen atoms in total. The zero-order valence-electron chi connectivity index (χ0n) is 10.8. The van der Waals surface area contributed by atoms with Gasteiger partial charge in [-0.05, 0) is 31.0 Å². The molecule has 2 N–H and O–H groups in total. The van der Waals surface area contributed by atoms with E-state index in [9.17, 15) is 9.59 Å². The molecule has 1 aliphatic carbocycles. The highest BCUT2D eigenvalue weighted by atomic mass is 16.5. The van der Waals surface area contributed by atoms with Crippen LogP contribution in [-0.4, -0.2) is 30.1 Å². The van der Waals surface area contributed by atoms with Crippen LogP contribution < -0.4 is 10.1 Å². The van der Waals surface area contributed by atoms with Gasteiger partial charge in [0.05, 0.1) is 18.4 Å². The van der Waals surface area contributed by atoms with Gasteiger partial charge >= 0.3 is 5.97 Å². The van der Waals surface area contributed by atoms with Crippen LogP contribution in [0.15, 0.2) is 24.3 Å². The molecular formula is C14H17NO4. The molecule has 1 aliphatic rings. The summed E-state index contributed by atoms with van der Waals surface area (Å²) in [6.07, 6.45) is 0.444. The van der Waals surface area contributed by atoms with Gasteiger partial charge in [0.15, 0.2) is 0 Å². The van der Waals surface area contributed by atoms with Crippen molar-refractivity contribution in [2.75, 3.05) is 13.2 Å². The molecule has 0 bridgehead atoms. The zero-order chi connectivity index (χ0) is 13.8. The Morgan fingerprint density at radius 3 is 2.84 bits per heavy atom. The normalized spacial score (nSPS) is 20.7. The van der Waals surface area contributed by atoms with Crippen LogP contribution in [-0.2, 0) is 9.59 Å². The first-order chi connectivity index (χ1) is 9.08. The van der Waals surface area contributed by atoms with Crippen molar-refractivity contribution in [1.29, 1.82) is 0 Å². The third-order valence-electron chi connectivity index (χ3n) is 3.10. The van der Waals surface area contributed by atoms with E-state index in [0.29, 0.717) is 19.6 Å². The van der Waals surface area contributed by atoms with Gasteiger partial charge in [0.2, 0.25) is 5.91 Å². The maximum Gasteiger partial charge on any atom is 0.307 e. The monoisotopic (exact) mass is 263 g/mol. The van der Waals surface area contributed by atoms with Crippen molar-refractivity contribution in [2.45, 2.75) is 13.3 Å². The summed E-state index contributed by atoms with van der Waals surface area (Å²) in [5.41, 5.74) is 1.11. The summed E-state index contributed by atoms with van der Waals surface area (Å²) in [4.78, 5) is 22.2. The lowest BCUT2D eigenvalue weighted by atomic mass is 10.2. The highest BCUT2D eigenvalue weighted by molar-refractivity contribution is 5.89. The number of aliphatic carboxylic acids is 1. The highest BCUT2D eigenvalue weighted by Gasteiger charge is 2.48. The van der Waals surface area contributed by atoms with E-state index in [4.69, 9.17) is 9.84 Å². The van der Waals surface area contributed by atoms with Crippen molar-refractivity contribution < 1.29 is 19.4 Å². The molecule has 1 aromatic rings. The molecule has 0 heterocycles. The third kappa shape index (κ3) is 3.71. The summed E-state index contributed by atoms with van der Waals surface area (Å²) in [6, 6.07) is 7.66. The van der Waals surface area contributed by atoms with E-state index in [0.717, 1.165) is 11.3 Å². The van der Waals surface area contributed by atoms with Crippen LogP contribution >= 0.6 is 0 Å². The number of amides is 1. The van der Waals surface area contributed by atoms with Gasteiger partial charge in [-0.2, -0.15) is 0 Å². The Labute approximate surface area is 111 Å². The Kier molecular flexibility index (Phi) is 4.04. The molecule has 2 unspecified atom stereocenters. The molecule has 0 aromatic heterocycles. The Hall–Kier alpha value is -2.04. The first-order valence-electron chi connectivity index (χ1n) is 6.28. The summed E-state index contributed by atoms with van der Waals surface area (Å²) in [5, 5.41) is 11.4. The van der Waals surface area contributed by atoms with Crippen LogP contribution in [0.1, 0.15) is 12.0 Å². The molecule has 2 rings (SSSR count). The van der Waals surface area contributed by atoms with Crippen LogP contribution in [0.2, 0.25) is 0 Å². The molecule has 0 saturated heterocycles. The van der Waals surface area contributed by atoms with E-state index in [-0.39, 0.29) is 11.8 Å². The first kappa shape index (κ1) is 13.4. The molecule has 5 heteroatoms. The minimum atomic E-state index is -0.892. The topological polar surface area (TPSA) is 75.6 Å². The van der Waals surface area contributed by atoms with Crippen molar-refractivity contribution in [1.82, 2.24) is 5.32 Å². The number of carboxylic acids is 1. The van der Waals surface area contributed by atoms with Crippen molar-refractivity contribution >= 4 is 11.9 Å². The lowest BCUT2D eigenvalue weighted by Crippen LogP contribution is -2.30. The minimum absolute atomic E-state index is 0.194. The molecule has 1 amide bonds. The van der Waals surface area contributed by atoms with E-state index < -0.39 is 11.9 Å². The molecule has 0 aliphatic heterocycles. The quantitative estimate of drug-likeness (QED) is 0.756. The largest absolute Gasteiger partial charge is 0.492 e. The van der Waals surface area contributed by atoms with E-state index in [1.807, 2.05) is 31.2 Å². The maximum atomic E-state index is 11.6. The Bertz CT molecular complexity index is 486. The molecule has 1 aromatic carbocycles. The molecule has 2 atom stereocenters. The van der Waals surface area contributed by atoms with Gasteiger partial charge in [-0.25, -0.2) is 0 Å². The summed E-state index contributed by atoms with van der Waals surface area (Å²) in [6.45, 7) is 2.74. The van der Waals surface area contributed by atoms with Crippen LogP contribution in [0.4, 0.5) is 0 Å². The zero-order valence-corrected chi connectivity index (χ0v) is 10.8. The molecule has 1 fully saturated rings. The Morgan fingerprint density at radius 1 is 1.42 bits per heavy atom. The standard InChI is InChI=1S/C14H17NO4/c1-9-3-2-4-10(7-9)19-6-5-15-13(16)11-8-12(11)14(17)18/h2-4,7,11-12H,5-6,8H2,1H3,(H,15,16)(H,17,18). The SMILES string of the molecule is Cc1cccc(OCCNC(=O)C2CC2C(=O)O)c1. The molecule has 19 heavy (non-hydrogen) atoms. The van der Waals surface area contributed by atoms with Gasteiger partial charge in [0.1, 0.15) is 12.4 Å². The van der Waals surface area contributed by atoms with E-state index in [1.54, 1.807) is 0 Å². The van der Waals surface area contributed by atoms with Gasteiger partial charge < -0.3 is 15.2 Å². The van der Waals surface area contributed by atoms with Crippen LogP contribution in [0.3, 0.4) is 0 Å². The average Bonchev–Trinajstić information content (AvgIpc) is 3.15. The summed E-state index contributed by atoms with van der Waals surface area (Å²) in [5.74, 6) is -1.19. The molecule has 1 saturated carbocycles. The number of benzene rings is 1. The van der Waals surface area contributed by atoms with Crippen LogP contribution in [0, 0.1) is 18.8 Å². The van der Waals surface area contributed by atoms with Gasteiger partial charge in [-0.15, -0.1) is 0 Å². The van der Waals surface area contributed by atoms with Crippen LogP contribution in [0.5, 0.6) is 5.75 Å². The average molecular weight is 263 g/mol. The van der Waals surface area contributed by atoms with Gasteiger partial charge in [-0.3, -0.25) is 9.59 Å². The lowest BCUT2D eigenvalue weighted by molar-refractivity contribution is -0.140. The number of nitrogens with one attached hydrogen (secondary N) is 1. The molecule has 0 radical (unpaired) electrons. The number of carbonyl (C=O) groups excluding carboxylic acids is 1. The van der Waals surface area contributed by atoms with Gasteiger partial charge in [0.25, 0.3) is 0 Å². The fourth-order valence-electron chi connectivity index (χ4n) is 1.94. The summed E-state index contributed by atoms with van der Waals surface area (Å²) in [7, 11) is 0. The van der Waals surface area contributed by atoms with Gasteiger partial charge in [0, 0.05) is 0 Å². The molecule has 0 spiro atoms. The predicted molar refractivity (Wildman–Crippen MR) is 68.9 cm³/mol. The molecular weight excluding hydrogens is 246 g/mol. The number of carboxylic acid groups (broad SMARTS) is 1. The number of hydrogen-bond donors (Lipinski definition) is 2. The van der Waals surface area contributed by atoms with Crippen molar-refractivity contribution in [2.24, 2.45) is 11.8 Å². The second kappa shape index (κ2) is 5.73. The lowest BCUT2D eigenvalue weighted by Gasteiger charge is -2.08. The number of carbonyl (C=O) groups is 2. The van der Waals surface area contributed by atoms with Crippen molar-refractivity contribution in [3.8, 4) is 5.75 Å². The fraction of sp³-hybridized carbons (Fsp3) is 0.429. The maximum absolute atomic E-state index is 11.6. The smallest absolute Gasteiger partial charge is 0.307 e. The Balaban J connectivity index is 1.65. The van der Waals surface area contributed by atoms with Crippen LogP contribution in [0.25, 0.3) is 0 Å². The minimum Gasteiger partial charge on any atom is -0.492 e. The fourth-order valence-corrected chi connectivity index (χ4v) is 1.94. The number of aryl methyl sites for hydroxylation is 1. The number of rotatable bonds is 6. The molecule has 102 valence electrons. The third-order valence-corrected chi connectivity index (χ3v) is 3.10. The predicted octanol–water partition coefficient (Wildman–Crippen LogP) is 1.21. The van der Waals surface area contributed by atoms with Crippen molar-refractivity contribution in [3.05, 3.63) is 29.8 Å². The van der Waals surface area contributed by atoms with Crippen molar-refractivity contribution in [3.63, 3.8) is 0 Å². The number of ether oxygens (including phenoxy) is 1. The summed E-state index contributed by atoms with van der Waals surface area (Å²) >= 11 is 0. The number of hydrogen-bond acceptors (Lipinski definition) is 3. The second-order valence-corrected chi connectivity index (χ2v) is 4.74. The van der Waals surface area contributed by atoms with E-state index >= 15 is 0 Å². The highest BCUT2D eigenvalue weighted by Crippen LogP contribution is 2.38. The van der Waals surface area contributed by atoms with Gasteiger partial charge in [-0.1, -0.05) is 12.1 Å². The second-order valence-electron chi connectivity index (χ2n) is 4.74. The Morgan fingerprint density at radius 2 is 2.21 bits per heavy atom. The first-order valence-corrected chi connectivity index (χ1v) is 6.28. The summed E-state index contributed by atoms with van der Waals surface area (Å²) < 4.78 is 5.48. The van der Waals surface area contributed by atoms with E-state index in [2.05, 4.69) is 5.32 Å². The van der Waals surface area contributed by atoms with E-state index in [1.165, 1.54) is 0 Å².